The molecule has 6 nitrogen and oxygen atoms in total. The number of benzene rings is 1. The van der Waals surface area contributed by atoms with Gasteiger partial charge in [-0.25, -0.2) is 0 Å². The molecule has 1 atom stereocenters. The highest BCUT2D eigenvalue weighted by molar-refractivity contribution is 5.79. The number of nitrogens with one attached hydrogen (secondary N) is 2. The molecule has 1 unspecified atom stereocenters. The van der Waals surface area contributed by atoms with E-state index in [4.69, 9.17) is 0 Å². The van der Waals surface area contributed by atoms with Gasteiger partial charge in [0.1, 0.15) is 0 Å². The number of carbonyl (C=O) groups is 1. The summed E-state index contributed by atoms with van der Waals surface area (Å²) in [4.78, 5) is 18.0. The van der Waals surface area contributed by atoms with Gasteiger partial charge in [0.25, 0.3) is 0 Å². The molecule has 0 bridgehead atoms. The van der Waals surface area contributed by atoms with Gasteiger partial charge in [-0.2, -0.15) is 0 Å². The first-order valence-corrected chi connectivity index (χ1v) is 10.0. The molecule has 1 aromatic rings. The lowest BCUT2D eigenvalue weighted by atomic mass is 10.2. The van der Waals surface area contributed by atoms with Crippen molar-refractivity contribution in [3.05, 3.63) is 35.9 Å². The Bertz CT molecular complexity index is 577. The lowest BCUT2D eigenvalue weighted by Gasteiger charge is -2.25. The predicted molar refractivity (Wildman–Crippen MR) is 110 cm³/mol. The number of esters is 1. The van der Waals surface area contributed by atoms with Crippen LogP contribution in [0.2, 0.25) is 0 Å². The third-order valence-electron chi connectivity index (χ3n) is 5.03. The number of unbranched alkanes of at least 4 members (excludes halogenated alkanes) is 2. The molecule has 1 heterocycles. The van der Waals surface area contributed by atoms with Crippen molar-refractivity contribution in [2.24, 2.45) is 4.99 Å². The zero-order chi connectivity index (χ0) is 19.3. The Hall–Kier alpha value is -2.08. The monoisotopic (exact) mass is 374 g/mol. The number of guanidine groups is 1. The standard InChI is InChI=1S/C21H34N4O2/c1-22-21(23-14-8-4-7-13-20(26)27-2)24-16-19-12-9-15-25(19)17-18-10-5-3-6-11-18/h3,5-6,10-11,19H,4,7-9,12-17H2,1-2H3,(H2,22,23,24). The molecular formula is C21H34N4O2. The third-order valence-corrected chi connectivity index (χ3v) is 5.03. The average molecular weight is 375 g/mol. The largest absolute Gasteiger partial charge is 0.469 e. The smallest absolute Gasteiger partial charge is 0.305 e. The molecule has 1 fully saturated rings. The van der Waals surface area contributed by atoms with Gasteiger partial charge in [0.15, 0.2) is 5.96 Å². The van der Waals surface area contributed by atoms with E-state index in [2.05, 4.69) is 55.6 Å². The van der Waals surface area contributed by atoms with Gasteiger partial charge in [0, 0.05) is 39.1 Å². The first kappa shape index (κ1) is 21.2. The van der Waals surface area contributed by atoms with Crippen molar-refractivity contribution < 1.29 is 9.53 Å². The summed E-state index contributed by atoms with van der Waals surface area (Å²) in [5.74, 6) is 0.728. The van der Waals surface area contributed by atoms with Crippen molar-refractivity contribution >= 4 is 11.9 Å². The molecule has 150 valence electrons. The molecule has 6 heteroatoms. The highest BCUT2D eigenvalue weighted by atomic mass is 16.5. The Kier molecular flexibility index (Phi) is 9.69. The minimum atomic E-state index is -0.128. The molecule has 2 rings (SSSR count). The number of methoxy groups -OCH3 is 1. The van der Waals surface area contributed by atoms with Crippen LogP contribution in [-0.2, 0) is 16.1 Å². The van der Waals surface area contributed by atoms with Crippen LogP contribution in [0.4, 0.5) is 0 Å². The summed E-state index contributed by atoms with van der Waals surface area (Å²) in [6.45, 7) is 3.95. The summed E-state index contributed by atoms with van der Waals surface area (Å²) in [5.41, 5.74) is 1.37. The molecule has 1 saturated heterocycles. The quantitative estimate of drug-likeness (QED) is 0.285. The molecule has 0 saturated carbocycles. The average Bonchev–Trinajstić information content (AvgIpc) is 3.14. The highest BCUT2D eigenvalue weighted by Gasteiger charge is 2.24. The molecule has 1 aliphatic rings. The molecule has 0 radical (unpaired) electrons. The molecule has 0 spiro atoms. The topological polar surface area (TPSA) is 66.0 Å². The van der Waals surface area contributed by atoms with E-state index in [0.717, 1.165) is 51.4 Å². The Morgan fingerprint density at radius 1 is 1.22 bits per heavy atom. The van der Waals surface area contributed by atoms with Crippen LogP contribution in [0.1, 0.15) is 44.1 Å². The number of hydrogen-bond donors (Lipinski definition) is 2. The minimum absolute atomic E-state index is 0.128. The van der Waals surface area contributed by atoms with E-state index in [9.17, 15) is 4.79 Å². The van der Waals surface area contributed by atoms with Crippen LogP contribution in [0, 0.1) is 0 Å². The Morgan fingerprint density at radius 3 is 2.78 bits per heavy atom. The van der Waals surface area contributed by atoms with Crippen LogP contribution < -0.4 is 10.6 Å². The zero-order valence-electron chi connectivity index (χ0n) is 16.7. The van der Waals surface area contributed by atoms with Crippen LogP contribution >= 0.6 is 0 Å². The summed E-state index contributed by atoms with van der Waals surface area (Å²) in [6, 6.07) is 11.2. The first-order valence-electron chi connectivity index (χ1n) is 10.0. The maximum Gasteiger partial charge on any atom is 0.305 e. The number of carbonyl (C=O) groups excluding carboxylic acids is 1. The molecular weight excluding hydrogens is 340 g/mol. The Balaban J connectivity index is 1.63. The fourth-order valence-corrected chi connectivity index (χ4v) is 3.47. The SMILES string of the molecule is CN=C(NCCCCCC(=O)OC)NCC1CCCN1Cc1ccccc1. The van der Waals surface area contributed by atoms with Crippen LogP contribution in [0.15, 0.2) is 35.3 Å². The van der Waals surface area contributed by atoms with Gasteiger partial charge in [-0.3, -0.25) is 14.7 Å². The number of nitrogens with zero attached hydrogens (tertiary/aromatic N) is 2. The molecule has 27 heavy (non-hydrogen) atoms. The normalized spacial score (nSPS) is 17.7. The zero-order valence-corrected chi connectivity index (χ0v) is 16.7. The van der Waals surface area contributed by atoms with E-state index in [1.807, 2.05) is 7.05 Å². The van der Waals surface area contributed by atoms with Crippen LogP contribution in [0.25, 0.3) is 0 Å². The molecule has 1 aromatic carbocycles. The van der Waals surface area contributed by atoms with Crippen molar-refractivity contribution in [3.8, 4) is 0 Å². The summed E-state index contributed by atoms with van der Waals surface area (Å²) in [5, 5.41) is 6.83. The second-order valence-corrected chi connectivity index (χ2v) is 7.02. The van der Waals surface area contributed by atoms with E-state index < -0.39 is 0 Å². The second kappa shape index (κ2) is 12.3. The summed E-state index contributed by atoms with van der Waals surface area (Å²) in [6.07, 6.45) is 5.88. The molecule has 0 amide bonds. The van der Waals surface area contributed by atoms with E-state index in [1.165, 1.54) is 25.5 Å². The first-order chi connectivity index (χ1) is 13.2. The van der Waals surface area contributed by atoms with E-state index in [1.54, 1.807) is 0 Å². The maximum atomic E-state index is 11.1. The van der Waals surface area contributed by atoms with Gasteiger partial charge < -0.3 is 15.4 Å². The molecule has 1 aliphatic heterocycles. The van der Waals surface area contributed by atoms with Gasteiger partial charge in [0.2, 0.25) is 0 Å². The van der Waals surface area contributed by atoms with Gasteiger partial charge in [0.05, 0.1) is 7.11 Å². The number of hydrogen-bond acceptors (Lipinski definition) is 4. The van der Waals surface area contributed by atoms with Crippen molar-refractivity contribution in [1.82, 2.24) is 15.5 Å². The van der Waals surface area contributed by atoms with Crippen LogP contribution in [0.5, 0.6) is 0 Å². The Morgan fingerprint density at radius 2 is 2.04 bits per heavy atom. The fraction of sp³-hybridized carbons (Fsp3) is 0.619. The molecule has 0 aliphatic carbocycles. The Labute approximate surface area is 163 Å². The maximum absolute atomic E-state index is 11.1. The van der Waals surface area contributed by atoms with E-state index >= 15 is 0 Å². The molecule has 0 aromatic heterocycles. The lowest BCUT2D eigenvalue weighted by molar-refractivity contribution is -0.140. The van der Waals surface area contributed by atoms with E-state index in [-0.39, 0.29) is 5.97 Å². The number of rotatable bonds is 10. The van der Waals surface area contributed by atoms with Crippen molar-refractivity contribution in [1.29, 1.82) is 0 Å². The second-order valence-electron chi connectivity index (χ2n) is 7.02. The highest BCUT2D eigenvalue weighted by Crippen LogP contribution is 2.19. The van der Waals surface area contributed by atoms with Crippen molar-refractivity contribution in [2.75, 3.05) is 33.8 Å². The summed E-state index contributed by atoms with van der Waals surface area (Å²) >= 11 is 0. The third kappa shape index (κ3) is 7.99. The van der Waals surface area contributed by atoms with Gasteiger partial charge in [-0.15, -0.1) is 0 Å². The summed E-state index contributed by atoms with van der Waals surface area (Å²) < 4.78 is 4.65. The van der Waals surface area contributed by atoms with E-state index in [0.29, 0.717) is 12.5 Å². The van der Waals surface area contributed by atoms with Crippen LogP contribution in [-0.4, -0.2) is 56.7 Å². The number of likely N-dealkylation sites (tertiary alicyclic amines) is 1. The van der Waals surface area contributed by atoms with Crippen molar-refractivity contribution in [2.45, 2.75) is 51.1 Å². The van der Waals surface area contributed by atoms with Crippen LogP contribution in [0.3, 0.4) is 0 Å². The van der Waals surface area contributed by atoms with Gasteiger partial charge in [-0.05, 0) is 37.8 Å². The number of ether oxygens (including phenoxy) is 1. The molecule has 2 N–H and O–H groups in total. The van der Waals surface area contributed by atoms with Crippen molar-refractivity contribution in [3.63, 3.8) is 0 Å². The van der Waals surface area contributed by atoms with Gasteiger partial charge in [-0.1, -0.05) is 36.8 Å². The fourth-order valence-electron chi connectivity index (χ4n) is 3.47. The minimum Gasteiger partial charge on any atom is -0.469 e. The summed E-state index contributed by atoms with van der Waals surface area (Å²) in [7, 11) is 3.24. The predicted octanol–water partition coefficient (Wildman–Crippen LogP) is 2.55. The lowest BCUT2D eigenvalue weighted by Crippen LogP contribution is -2.44. The number of aliphatic imine (C=N–C) groups is 1. The van der Waals surface area contributed by atoms with Gasteiger partial charge >= 0.3 is 5.97 Å².